The lowest BCUT2D eigenvalue weighted by molar-refractivity contribution is 0.419. The highest BCUT2D eigenvalue weighted by Crippen LogP contribution is 2.28. The lowest BCUT2D eigenvalue weighted by Gasteiger charge is -2.21. The van der Waals surface area contributed by atoms with Gasteiger partial charge in [-0.3, -0.25) is 0 Å². The van der Waals surface area contributed by atoms with E-state index < -0.39 is 0 Å². The van der Waals surface area contributed by atoms with Crippen LogP contribution in [0.1, 0.15) is 13.8 Å². The summed E-state index contributed by atoms with van der Waals surface area (Å²) in [7, 11) is 1.66. The lowest BCUT2D eigenvalue weighted by Crippen LogP contribution is -2.23. The molecule has 2 aromatic rings. The van der Waals surface area contributed by atoms with E-state index in [0.29, 0.717) is 0 Å². The highest BCUT2D eigenvalue weighted by molar-refractivity contribution is 5.93. The van der Waals surface area contributed by atoms with Gasteiger partial charge in [0.15, 0.2) is 0 Å². The molecule has 0 N–H and O–H groups in total. The Morgan fingerprint density at radius 1 is 1.18 bits per heavy atom. The third-order valence-corrected chi connectivity index (χ3v) is 2.89. The van der Waals surface area contributed by atoms with Crippen molar-refractivity contribution in [2.45, 2.75) is 13.8 Å². The third kappa shape index (κ3) is 2.02. The summed E-state index contributed by atoms with van der Waals surface area (Å²) in [5.74, 6) is 1.76. The van der Waals surface area contributed by atoms with Gasteiger partial charge < -0.3 is 9.64 Å². The van der Waals surface area contributed by atoms with Crippen LogP contribution in [0.4, 0.5) is 5.82 Å². The fraction of sp³-hybridized carbons (Fsp3) is 0.385. The van der Waals surface area contributed by atoms with Gasteiger partial charge in [0, 0.05) is 18.5 Å². The molecule has 0 aliphatic rings. The van der Waals surface area contributed by atoms with Crippen LogP contribution in [0.3, 0.4) is 0 Å². The van der Waals surface area contributed by atoms with E-state index in [-0.39, 0.29) is 0 Å². The number of benzene rings is 1. The number of methoxy groups -OCH3 is 1. The number of anilines is 1. The van der Waals surface area contributed by atoms with E-state index in [0.717, 1.165) is 35.6 Å². The molecule has 0 radical (unpaired) electrons. The molecule has 0 amide bonds. The number of nitrogens with zero attached hydrogens (tertiary/aromatic N) is 3. The summed E-state index contributed by atoms with van der Waals surface area (Å²) >= 11 is 0. The average Bonchev–Trinajstić information content (AvgIpc) is 2.39. The maximum atomic E-state index is 5.32. The first-order valence-corrected chi connectivity index (χ1v) is 5.84. The highest BCUT2D eigenvalue weighted by atomic mass is 16.5. The molecule has 0 fully saturated rings. The molecular formula is C13H17N3O. The predicted octanol–water partition coefficient (Wildman–Crippen LogP) is 2.48. The van der Waals surface area contributed by atoms with Gasteiger partial charge in [-0.25, -0.2) is 9.97 Å². The maximum absolute atomic E-state index is 5.32. The largest absolute Gasteiger partial charge is 0.494 e. The van der Waals surface area contributed by atoms with Gasteiger partial charge >= 0.3 is 0 Å². The van der Waals surface area contributed by atoms with E-state index >= 15 is 0 Å². The Labute approximate surface area is 101 Å². The molecule has 90 valence electrons. The summed E-state index contributed by atoms with van der Waals surface area (Å²) in [6.07, 6.45) is 1.60. The first kappa shape index (κ1) is 11.6. The van der Waals surface area contributed by atoms with Crippen LogP contribution in [0.2, 0.25) is 0 Å². The molecule has 0 saturated heterocycles. The fourth-order valence-corrected chi connectivity index (χ4v) is 1.99. The molecule has 0 saturated carbocycles. The number of rotatable bonds is 4. The van der Waals surface area contributed by atoms with Crippen molar-refractivity contribution in [2.75, 3.05) is 25.1 Å². The van der Waals surface area contributed by atoms with Gasteiger partial charge in [-0.1, -0.05) is 6.07 Å². The molecule has 4 nitrogen and oxygen atoms in total. The molecule has 17 heavy (non-hydrogen) atoms. The summed E-state index contributed by atoms with van der Waals surface area (Å²) in [6.45, 7) is 6.11. The van der Waals surface area contributed by atoms with E-state index in [4.69, 9.17) is 4.74 Å². The zero-order valence-electron chi connectivity index (χ0n) is 10.5. The maximum Gasteiger partial charge on any atom is 0.145 e. The molecular weight excluding hydrogens is 214 g/mol. The molecule has 1 aromatic carbocycles. The molecule has 4 heteroatoms. The van der Waals surface area contributed by atoms with Gasteiger partial charge in [-0.2, -0.15) is 0 Å². The zero-order chi connectivity index (χ0) is 12.3. The predicted molar refractivity (Wildman–Crippen MR) is 69.7 cm³/mol. The standard InChI is InChI=1S/C13H17N3O/c1-4-16(5-2)13-10-7-6-8-11(17-3)12(10)14-9-15-13/h6-9H,4-5H2,1-3H3. The van der Waals surface area contributed by atoms with E-state index in [1.165, 1.54) is 0 Å². The van der Waals surface area contributed by atoms with Crippen LogP contribution in [0.15, 0.2) is 24.5 Å². The van der Waals surface area contributed by atoms with Gasteiger partial charge in [0.05, 0.1) is 7.11 Å². The van der Waals surface area contributed by atoms with Crippen LogP contribution in [0, 0.1) is 0 Å². The Hall–Kier alpha value is -1.84. The van der Waals surface area contributed by atoms with Crippen LogP contribution in [0.5, 0.6) is 5.75 Å². The van der Waals surface area contributed by atoms with Crippen molar-refractivity contribution in [3.05, 3.63) is 24.5 Å². The number of ether oxygens (including phenoxy) is 1. The number of aromatic nitrogens is 2. The third-order valence-electron chi connectivity index (χ3n) is 2.89. The Bertz CT molecular complexity index is 509. The van der Waals surface area contributed by atoms with Crippen LogP contribution in [-0.2, 0) is 0 Å². The van der Waals surface area contributed by atoms with Crippen LogP contribution in [-0.4, -0.2) is 30.2 Å². The lowest BCUT2D eigenvalue weighted by atomic mass is 10.2. The van der Waals surface area contributed by atoms with Crippen LogP contribution in [0.25, 0.3) is 10.9 Å². The molecule has 0 spiro atoms. The molecule has 0 aliphatic carbocycles. The Morgan fingerprint density at radius 2 is 1.94 bits per heavy atom. The van der Waals surface area contributed by atoms with E-state index in [2.05, 4.69) is 28.7 Å². The van der Waals surface area contributed by atoms with Gasteiger partial charge in [-0.05, 0) is 26.0 Å². The highest BCUT2D eigenvalue weighted by Gasteiger charge is 2.11. The second-order valence-corrected chi connectivity index (χ2v) is 3.73. The first-order valence-electron chi connectivity index (χ1n) is 5.84. The van der Waals surface area contributed by atoms with E-state index in [1.807, 2.05) is 18.2 Å². The SMILES string of the molecule is CCN(CC)c1ncnc2c(OC)cccc12. The zero-order valence-corrected chi connectivity index (χ0v) is 10.5. The quantitative estimate of drug-likeness (QED) is 0.810. The van der Waals surface area contributed by atoms with Gasteiger partial charge in [-0.15, -0.1) is 0 Å². The van der Waals surface area contributed by atoms with Crippen LogP contribution < -0.4 is 9.64 Å². The summed E-state index contributed by atoms with van der Waals surface area (Å²) in [6, 6.07) is 5.92. The van der Waals surface area contributed by atoms with Gasteiger partial charge in [0.2, 0.25) is 0 Å². The number of para-hydroxylation sites is 1. The molecule has 0 aliphatic heterocycles. The van der Waals surface area contributed by atoms with Crippen molar-refractivity contribution in [1.29, 1.82) is 0 Å². The Kier molecular flexibility index (Phi) is 3.42. The van der Waals surface area contributed by atoms with Gasteiger partial charge in [0.1, 0.15) is 23.4 Å². The van der Waals surface area contributed by atoms with Crippen molar-refractivity contribution in [2.24, 2.45) is 0 Å². The average molecular weight is 231 g/mol. The Morgan fingerprint density at radius 3 is 2.59 bits per heavy atom. The van der Waals surface area contributed by atoms with Crippen molar-refractivity contribution >= 4 is 16.7 Å². The molecule has 0 unspecified atom stereocenters. The van der Waals surface area contributed by atoms with E-state index in [1.54, 1.807) is 13.4 Å². The normalized spacial score (nSPS) is 10.5. The molecule has 0 atom stereocenters. The van der Waals surface area contributed by atoms with Crippen molar-refractivity contribution < 1.29 is 4.74 Å². The number of fused-ring (bicyclic) bond motifs is 1. The summed E-state index contributed by atoms with van der Waals surface area (Å²) in [5.41, 5.74) is 0.868. The summed E-state index contributed by atoms with van der Waals surface area (Å²) in [4.78, 5) is 10.9. The summed E-state index contributed by atoms with van der Waals surface area (Å²) < 4.78 is 5.32. The monoisotopic (exact) mass is 231 g/mol. The first-order chi connectivity index (χ1) is 8.31. The van der Waals surface area contributed by atoms with Crippen molar-refractivity contribution in [3.8, 4) is 5.75 Å². The second kappa shape index (κ2) is 4.99. The molecule has 0 bridgehead atoms. The smallest absolute Gasteiger partial charge is 0.145 e. The minimum absolute atomic E-state index is 0.790. The van der Waals surface area contributed by atoms with E-state index in [9.17, 15) is 0 Å². The number of hydrogen-bond acceptors (Lipinski definition) is 4. The van der Waals surface area contributed by atoms with Crippen molar-refractivity contribution in [1.82, 2.24) is 9.97 Å². The Balaban J connectivity index is 2.65. The minimum Gasteiger partial charge on any atom is -0.494 e. The molecule has 2 rings (SSSR count). The summed E-state index contributed by atoms with van der Waals surface area (Å²) in [5, 5.41) is 1.04. The number of hydrogen-bond donors (Lipinski definition) is 0. The molecule has 1 aromatic heterocycles. The topological polar surface area (TPSA) is 38.2 Å². The van der Waals surface area contributed by atoms with Gasteiger partial charge in [0.25, 0.3) is 0 Å². The minimum atomic E-state index is 0.790. The second-order valence-electron chi connectivity index (χ2n) is 3.73. The fourth-order valence-electron chi connectivity index (χ4n) is 1.99. The van der Waals surface area contributed by atoms with Crippen LogP contribution >= 0.6 is 0 Å². The van der Waals surface area contributed by atoms with Crippen molar-refractivity contribution in [3.63, 3.8) is 0 Å². The molecule has 1 heterocycles.